The number of benzene rings is 2. The lowest BCUT2D eigenvalue weighted by Crippen LogP contribution is -2.04. The van der Waals surface area contributed by atoms with Crippen LogP contribution in [0, 0.1) is 0 Å². The fourth-order valence-electron chi connectivity index (χ4n) is 3.62. The Kier molecular flexibility index (Phi) is 6.21. The fraction of sp³-hybridized carbons (Fsp3) is 0.0714. The van der Waals surface area contributed by atoms with Gasteiger partial charge in [-0.2, -0.15) is 0 Å². The molecular weight excluding hydrogens is 422 g/mol. The van der Waals surface area contributed by atoms with Crippen LogP contribution in [0.5, 0.6) is 5.75 Å². The van der Waals surface area contributed by atoms with Crippen molar-refractivity contribution in [2.75, 3.05) is 12.4 Å². The van der Waals surface area contributed by atoms with E-state index < -0.39 is 0 Å². The maximum absolute atomic E-state index is 5.28. The molecule has 0 unspecified atom stereocenters. The van der Waals surface area contributed by atoms with Gasteiger partial charge in [0.15, 0.2) is 5.82 Å². The van der Waals surface area contributed by atoms with E-state index in [0.717, 1.165) is 45.1 Å². The van der Waals surface area contributed by atoms with Crippen molar-refractivity contribution in [1.29, 1.82) is 0 Å². The van der Waals surface area contributed by atoms with Crippen molar-refractivity contribution in [1.82, 2.24) is 19.9 Å². The summed E-state index contributed by atoms with van der Waals surface area (Å²) in [7, 11) is 1.66. The molecule has 0 radical (unpaired) electrons. The molecule has 0 spiro atoms. The molecule has 0 saturated heterocycles. The quantitative estimate of drug-likeness (QED) is 0.337. The summed E-state index contributed by atoms with van der Waals surface area (Å²) >= 11 is 0. The molecule has 0 saturated carbocycles. The van der Waals surface area contributed by atoms with E-state index in [0.29, 0.717) is 12.4 Å². The van der Waals surface area contributed by atoms with Gasteiger partial charge in [0, 0.05) is 54.1 Å². The molecule has 0 aliphatic rings. The van der Waals surface area contributed by atoms with E-state index in [1.54, 1.807) is 13.3 Å². The Hall–Kier alpha value is -4.58. The second-order valence-corrected chi connectivity index (χ2v) is 7.73. The van der Waals surface area contributed by atoms with Gasteiger partial charge >= 0.3 is 0 Å². The van der Waals surface area contributed by atoms with E-state index in [1.165, 1.54) is 0 Å². The minimum absolute atomic E-state index is 0.614. The molecule has 6 heteroatoms. The normalized spacial score (nSPS) is 10.6. The molecule has 0 atom stereocenters. The van der Waals surface area contributed by atoms with E-state index in [-0.39, 0.29) is 0 Å². The number of pyridine rings is 2. The van der Waals surface area contributed by atoms with Crippen LogP contribution in [0.3, 0.4) is 0 Å². The van der Waals surface area contributed by atoms with Gasteiger partial charge in [0.2, 0.25) is 0 Å². The lowest BCUT2D eigenvalue weighted by molar-refractivity contribution is 0.415. The van der Waals surface area contributed by atoms with Crippen molar-refractivity contribution >= 4 is 5.82 Å². The Labute approximate surface area is 198 Å². The summed E-state index contributed by atoms with van der Waals surface area (Å²) in [6.07, 6.45) is 7.29. The molecule has 3 aromatic heterocycles. The highest BCUT2D eigenvalue weighted by molar-refractivity contribution is 5.73. The van der Waals surface area contributed by atoms with Crippen LogP contribution in [-0.2, 0) is 6.54 Å². The third kappa shape index (κ3) is 4.91. The van der Waals surface area contributed by atoms with Gasteiger partial charge < -0.3 is 10.1 Å². The molecule has 5 aromatic rings. The van der Waals surface area contributed by atoms with Crippen molar-refractivity contribution in [2.24, 2.45) is 0 Å². The Morgan fingerprint density at radius 1 is 0.706 bits per heavy atom. The van der Waals surface area contributed by atoms with E-state index in [2.05, 4.69) is 21.4 Å². The summed E-state index contributed by atoms with van der Waals surface area (Å²) in [6.45, 7) is 0.614. The van der Waals surface area contributed by atoms with Crippen LogP contribution in [0.25, 0.3) is 33.8 Å². The zero-order valence-corrected chi connectivity index (χ0v) is 18.7. The second kappa shape index (κ2) is 9.92. The largest absolute Gasteiger partial charge is 0.497 e. The van der Waals surface area contributed by atoms with Crippen molar-refractivity contribution in [3.8, 4) is 39.5 Å². The van der Waals surface area contributed by atoms with Gasteiger partial charge in [-0.05, 0) is 35.4 Å². The lowest BCUT2D eigenvalue weighted by Gasteiger charge is -2.11. The second-order valence-electron chi connectivity index (χ2n) is 7.73. The zero-order valence-electron chi connectivity index (χ0n) is 18.7. The van der Waals surface area contributed by atoms with Gasteiger partial charge in [-0.15, -0.1) is 0 Å². The highest BCUT2D eigenvalue weighted by atomic mass is 16.5. The number of hydrogen-bond acceptors (Lipinski definition) is 6. The van der Waals surface area contributed by atoms with Crippen molar-refractivity contribution in [2.45, 2.75) is 6.54 Å². The first-order valence-corrected chi connectivity index (χ1v) is 11.0. The fourth-order valence-corrected chi connectivity index (χ4v) is 3.62. The number of methoxy groups -OCH3 is 1. The molecule has 0 bridgehead atoms. The number of ether oxygens (including phenoxy) is 1. The van der Waals surface area contributed by atoms with Crippen LogP contribution in [0.4, 0.5) is 5.82 Å². The predicted octanol–water partition coefficient (Wildman–Crippen LogP) is 5.89. The van der Waals surface area contributed by atoms with E-state index in [9.17, 15) is 0 Å². The molecule has 0 fully saturated rings. The van der Waals surface area contributed by atoms with Crippen LogP contribution in [0.2, 0.25) is 0 Å². The molecule has 166 valence electrons. The van der Waals surface area contributed by atoms with Crippen molar-refractivity contribution in [3.63, 3.8) is 0 Å². The Bertz CT molecular complexity index is 1370. The minimum atomic E-state index is 0.614. The zero-order chi connectivity index (χ0) is 23.2. The average Bonchev–Trinajstić information content (AvgIpc) is 2.93. The van der Waals surface area contributed by atoms with Gasteiger partial charge in [0.25, 0.3) is 0 Å². The number of anilines is 1. The minimum Gasteiger partial charge on any atom is -0.497 e. The van der Waals surface area contributed by atoms with Crippen molar-refractivity contribution in [3.05, 3.63) is 109 Å². The first kappa shape index (κ1) is 21.3. The maximum atomic E-state index is 5.28. The third-order valence-electron chi connectivity index (χ3n) is 5.41. The molecule has 2 aromatic carbocycles. The van der Waals surface area contributed by atoms with Gasteiger partial charge in [-0.3, -0.25) is 9.97 Å². The Morgan fingerprint density at radius 3 is 2.29 bits per heavy atom. The van der Waals surface area contributed by atoms with Gasteiger partial charge in [-0.1, -0.05) is 48.5 Å². The highest BCUT2D eigenvalue weighted by Gasteiger charge is 2.11. The smallest absolute Gasteiger partial charge is 0.162 e. The standard InChI is InChI=1S/C28H23N5O/c1-34-25-11-9-21(10-12-25)23-14-24(19-30-18-23)26-15-27(31-17-20-6-5-13-29-16-20)33-28(32-26)22-7-3-2-4-8-22/h2-16,18-19H,17H2,1H3,(H,31,32,33). The molecule has 5 rings (SSSR count). The third-order valence-corrected chi connectivity index (χ3v) is 5.41. The number of rotatable bonds is 7. The van der Waals surface area contributed by atoms with Crippen LogP contribution in [0.1, 0.15) is 5.56 Å². The topological polar surface area (TPSA) is 72.8 Å². The molecule has 34 heavy (non-hydrogen) atoms. The van der Waals surface area contributed by atoms with E-state index in [4.69, 9.17) is 14.7 Å². The molecule has 0 aliphatic carbocycles. The van der Waals surface area contributed by atoms with Gasteiger partial charge in [0.1, 0.15) is 11.6 Å². The number of aromatic nitrogens is 4. The first-order valence-electron chi connectivity index (χ1n) is 11.0. The summed E-state index contributed by atoms with van der Waals surface area (Å²) in [5.74, 6) is 2.21. The summed E-state index contributed by atoms with van der Waals surface area (Å²) in [5, 5.41) is 3.41. The molecule has 0 amide bonds. The summed E-state index contributed by atoms with van der Waals surface area (Å²) in [4.78, 5) is 18.3. The predicted molar refractivity (Wildman–Crippen MR) is 134 cm³/mol. The van der Waals surface area contributed by atoms with Crippen LogP contribution in [-0.4, -0.2) is 27.0 Å². The van der Waals surface area contributed by atoms with Crippen LogP contribution >= 0.6 is 0 Å². The number of nitrogens with one attached hydrogen (secondary N) is 1. The number of nitrogens with zero attached hydrogens (tertiary/aromatic N) is 4. The molecule has 6 nitrogen and oxygen atoms in total. The van der Waals surface area contributed by atoms with Crippen molar-refractivity contribution < 1.29 is 4.74 Å². The molecular formula is C28H23N5O. The van der Waals surface area contributed by atoms with Crippen LogP contribution < -0.4 is 10.1 Å². The molecule has 1 N–H and O–H groups in total. The van der Waals surface area contributed by atoms with Gasteiger partial charge in [0.05, 0.1) is 12.8 Å². The van der Waals surface area contributed by atoms with Gasteiger partial charge in [-0.25, -0.2) is 9.97 Å². The number of hydrogen-bond donors (Lipinski definition) is 1. The molecule has 0 aliphatic heterocycles. The SMILES string of the molecule is COc1ccc(-c2cncc(-c3cc(NCc4cccnc4)nc(-c4ccccc4)n3)c2)cc1. The van der Waals surface area contributed by atoms with E-state index in [1.807, 2.05) is 91.4 Å². The summed E-state index contributed by atoms with van der Waals surface area (Å²) < 4.78 is 5.28. The first-order chi connectivity index (χ1) is 16.8. The summed E-state index contributed by atoms with van der Waals surface area (Å²) in [5.41, 5.74) is 5.80. The lowest BCUT2D eigenvalue weighted by atomic mass is 10.0. The monoisotopic (exact) mass is 445 g/mol. The average molecular weight is 446 g/mol. The Morgan fingerprint density at radius 2 is 1.53 bits per heavy atom. The van der Waals surface area contributed by atoms with E-state index >= 15 is 0 Å². The maximum Gasteiger partial charge on any atom is 0.162 e. The summed E-state index contributed by atoms with van der Waals surface area (Å²) in [6, 6.07) is 25.9. The van der Waals surface area contributed by atoms with Crippen LogP contribution in [0.15, 0.2) is 104 Å². The molecule has 3 heterocycles. The highest BCUT2D eigenvalue weighted by Crippen LogP contribution is 2.28. The Balaban J connectivity index is 1.52.